The molecular weight excluding hydrogens is 340 g/mol. The zero-order valence-corrected chi connectivity index (χ0v) is 16.7. The highest BCUT2D eigenvalue weighted by atomic mass is 16.5. The Hall–Kier alpha value is -2.41. The molecule has 146 valence electrons. The number of nitrogens with zero attached hydrogens (tertiary/aromatic N) is 4. The number of methoxy groups -OCH3 is 1. The van der Waals surface area contributed by atoms with Gasteiger partial charge in [-0.3, -0.25) is 4.99 Å². The Bertz CT molecular complexity index is 798. The Morgan fingerprint density at radius 2 is 2.22 bits per heavy atom. The van der Waals surface area contributed by atoms with Crippen molar-refractivity contribution in [2.45, 2.75) is 52.3 Å². The molecule has 0 fully saturated rings. The number of benzene rings is 1. The van der Waals surface area contributed by atoms with Crippen LogP contribution in [0.2, 0.25) is 0 Å². The van der Waals surface area contributed by atoms with E-state index < -0.39 is 0 Å². The Morgan fingerprint density at radius 1 is 1.37 bits per heavy atom. The highest BCUT2D eigenvalue weighted by molar-refractivity contribution is 5.79. The summed E-state index contributed by atoms with van der Waals surface area (Å²) in [7, 11) is 3.48. The fourth-order valence-corrected chi connectivity index (χ4v) is 3.50. The van der Waals surface area contributed by atoms with Crippen molar-refractivity contribution in [2.24, 2.45) is 4.99 Å². The molecule has 0 bridgehead atoms. The van der Waals surface area contributed by atoms with Crippen molar-refractivity contribution < 1.29 is 4.74 Å². The van der Waals surface area contributed by atoms with Gasteiger partial charge in [-0.25, -0.2) is 9.67 Å². The van der Waals surface area contributed by atoms with E-state index in [1.54, 1.807) is 7.11 Å². The molecule has 7 heteroatoms. The fraction of sp³-hybridized carbons (Fsp3) is 0.550. The van der Waals surface area contributed by atoms with Gasteiger partial charge in [0.25, 0.3) is 0 Å². The Balaban J connectivity index is 1.50. The minimum Gasteiger partial charge on any atom is -0.377 e. The summed E-state index contributed by atoms with van der Waals surface area (Å²) in [6.07, 6.45) is 2.90. The maximum atomic E-state index is 5.13. The smallest absolute Gasteiger partial charge is 0.191 e. The van der Waals surface area contributed by atoms with Crippen molar-refractivity contribution in [3.05, 3.63) is 46.5 Å². The molecule has 1 aliphatic heterocycles. The number of aliphatic imine (C=N–C) groups is 1. The van der Waals surface area contributed by atoms with E-state index in [2.05, 4.69) is 57.8 Å². The van der Waals surface area contributed by atoms with Crippen LogP contribution >= 0.6 is 0 Å². The molecule has 1 aromatic carbocycles. The van der Waals surface area contributed by atoms with Crippen LogP contribution in [0, 0.1) is 13.8 Å². The van der Waals surface area contributed by atoms with Gasteiger partial charge in [0.15, 0.2) is 11.8 Å². The molecule has 27 heavy (non-hydrogen) atoms. The maximum absolute atomic E-state index is 5.13. The Morgan fingerprint density at radius 3 is 2.96 bits per heavy atom. The number of hydrogen-bond acceptors (Lipinski definition) is 4. The van der Waals surface area contributed by atoms with Crippen LogP contribution in [0.25, 0.3) is 0 Å². The van der Waals surface area contributed by atoms with E-state index >= 15 is 0 Å². The molecule has 3 rings (SSSR count). The van der Waals surface area contributed by atoms with Crippen LogP contribution in [0.1, 0.15) is 34.8 Å². The van der Waals surface area contributed by atoms with Crippen molar-refractivity contribution in [2.75, 3.05) is 20.7 Å². The summed E-state index contributed by atoms with van der Waals surface area (Å²) < 4.78 is 7.11. The van der Waals surface area contributed by atoms with Gasteiger partial charge >= 0.3 is 0 Å². The summed E-state index contributed by atoms with van der Waals surface area (Å²) in [4.78, 5) is 8.89. The van der Waals surface area contributed by atoms with E-state index in [1.807, 2.05) is 11.7 Å². The number of rotatable bonds is 6. The lowest BCUT2D eigenvalue weighted by Crippen LogP contribution is -2.47. The molecule has 7 nitrogen and oxygen atoms in total. The first-order chi connectivity index (χ1) is 13.1. The molecule has 1 unspecified atom stereocenters. The SMILES string of the molecule is CN=C(NCCc1ccc(C)cc1C)NC1CCc2nc(COC)nn2C1. The second-order valence-corrected chi connectivity index (χ2v) is 7.12. The first kappa shape index (κ1) is 19.4. The summed E-state index contributed by atoms with van der Waals surface area (Å²) in [6.45, 7) is 6.40. The molecule has 2 aromatic rings. The first-order valence-electron chi connectivity index (χ1n) is 9.54. The van der Waals surface area contributed by atoms with E-state index in [4.69, 9.17) is 4.74 Å². The quantitative estimate of drug-likeness (QED) is 0.599. The van der Waals surface area contributed by atoms with E-state index in [1.165, 1.54) is 16.7 Å². The van der Waals surface area contributed by atoms with Crippen LogP contribution in [-0.2, 0) is 30.7 Å². The lowest BCUT2D eigenvalue weighted by atomic mass is 10.0. The third-order valence-corrected chi connectivity index (χ3v) is 4.92. The van der Waals surface area contributed by atoms with Crippen LogP contribution in [0.5, 0.6) is 0 Å². The summed E-state index contributed by atoms with van der Waals surface area (Å²) in [5.74, 6) is 2.63. The zero-order chi connectivity index (χ0) is 19.2. The van der Waals surface area contributed by atoms with Gasteiger partial charge in [-0.2, -0.15) is 5.10 Å². The van der Waals surface area contributed by atoms with Gasteiger partial charge in [0.1, 0.15) is 12.4 Å². The highest BCUT2D eigenvalue weighted by Crippen LogP contribution is 2.14. The van der Waals surface area contributed by atoms with Gasteiger partial charge in [-0.05, 0) is 37.8 Å². The minimum absolute atomic E-state index is 0.293. The molecule has 0 amide bonds. The van der Waals surface area contributed by atoms with E-state index in [9.17, 15) is 0 Å². The summed E-state index contributed by atoms with van der Waals surface area (Å²) in [6, 6.07) is 6.91. The van der Waals surface area contributed by atoms with Gasteiger partial charge < -0.3 is 15.4 Å². The number of hydrogen-bond donors (Lipinski definition) is 2. The predicted molar refractivity (Wildman–Crippen MR) is 107 cm³/mol. The lowest BCUT2D eigenvalue weighted by Gasteiger charge is -2.25. The summed E-state index contributed by atoms with van der Waals surface area (Å²) in [5.41, 5.74) is 4.02. The van der Waals surface area contributed by atoms with E-state index in [0.29, 0.717) is 12.6 Å². The third kappa shape index (κ3) is 5.07. The lowest BCUT2D eigenvalue weighted by molar-refractivity contribution is 0.177. The first-order valence-corrected chi connectivity index (χ1v) is 9.54. The second-order valence-electron chi connectivity index (χ2n) is 7.12. The Kier molecular flexibility index (Phi) is 6.45. The van der Waals surface area contributed by atoms with Crippen molar-refractivity contribution in [1.29, 1.82) is 0 Å². The van der Waals surface area contributed by atoms with Crippen molar-refractivity contribution in [3.63, 3.8) is 0 Å². The number of aromatic nitrogens is 3. The van der Waals surface area contributed by atoms with Crippen LogP contribution < -0.4 is 10.6 Å². The average molecular weight is 371 g/mol. The third-order valence-electron chi connectivity index (χ3n) is 4.92. The normalized spacial score (nSPS) is 16.9. The van der Waals surface area contributed by atoms with E-state index in [0.717, 1.165) is 50.0 Å². The second kappa shape index (κ2) is 8.99. The minimum atomic E-state index is 0.293. The van der Waals surface area contributed by atoms with Crippen LogP contribution in [0.15, 0.2) is 23.2 Å². The van der Waals surface area contributed by atoms with E-state index in [-0.39, 0.29) is 0 Å². The predicted octanol–water partition coefficient (Wildman–Crippen LogP) is 1.76. The number of ether oxygens (including phenoxy) is 1. The van der Waals surface area contributed by atoms with Crippen LogP contribution in [0.4, 0.5) is 0 Å². The number of aryl methyl sites for hydroxylation is 3. The van der Waals surface area contributed by atoms with Gasteiger partial charge in [0.2, 0.25) is 0 Å². The number of fused-ring (bicyclic) bond motifs is 1. The monoisotopic (exact) mass is 370 g/mol. The molecule has 1 aromatic heterocycles. The van der Waals surface area contributed by atoms with Crippen LogP contribution in [0.3, 0.4) is 0 Å². The van der Waals surface area contributed by atoms with Gasteiger partial charge in [0.05, 0.1) is 6.54 Å². The summed E-state index contributed by atoms with van der Waals surface area (Å²) in [5, 5.41) is 11.5. The molecule has 0 saturated heterocycles. The maximum Gasteiger partial charge on any atom is 0.191 e. The van der Waals surface area contributed by atoms with Crippen molar-refractivity contribution >= 4 is 5.96 Å². The zero-order valence-electron chi connectivity index (χ0n) is 16.7. The number of guanidine groups is 1. The van der Waals surface area contributed by atoms with Crippen molar-refractivity contribution in [3.8, 4) is 0 Å². The number of nitrogens with one attached hydrogen (secondary N) is 2. The molecule has 0 saturated carbocycles. The molecule has 2 heterocycles. The molecule has 0 aliphatic carbocycles. The van der Waals surface area contributed by atoms with Gasteiger partial charge in [-0.15, -0.1) is 0 Å². The molecule has 1 atom stereocenters. The molecule has 1 aliphatic rings. The van der Waals surface area contributed by atoms with Gasteiger partial charge in [-0.1, -0.05) is 23.8 Å². The average Bonchev–Trinajstić information content (AvgIpc) is 3.04. The topological polar surface area (TPSA) is 76.4 Å². The Labute approximate surface area is 161 Å². The van der Waals surface area contributed by atoms with Crippen LogP contribution in [-0.4, -0.2) is 47.5 Å². The standard InChI is InChI=1S/C20H30N6O/c1-14-5-6-16(15(2)11-14)9-10-22-20(21-3)23-17-7-8-19-24-18(13-27-4)25-26(19)12-17/h5-6,11,17H,7-10,12-13H2,1-4H3,(H2,21,22,23). The largest absolute Gasteiger partial charge is 0.377 e. The molecule has 0 spiro atoms. The fourth-order valence-electron chi connectivity index (χ4n) is 3.50. The summed E-state index contributed by atoms with van der Waals surface area (Å²) >= 11 is 0. The highest BCUT2D eigenvalue weighted by Gasteiger charge is 2.22. The molecule has 2 N–H and O–H groups in total. The van der Waals surface area contributed by atoms with Gasteiger partial charge in [0, 0.05) is 33.2 Å². The van der Waals surface area contributed by atoms with Crippen molar-refractivity contribution in [1.82, 2.24) is 25.4 Å². The molecule has 0 radical (unpaired) electrons. The molecular formula is C20H30N6O.